The molecule has 0 fully saturated rings. The predicted octanol–water partition coefficient (Wildman–Crippen LogP) is 2.79. The Hall–Kier alpha value is -1.95. The fraction of sp³-hybridized carbons (Fsp3) is 0.357. The summed E-state index contributed by atoms with van der Waals surface area (Å²) in [6, 6.07) is 10.4. The van der Waals surface area contributed by atoms with Gasteiger partial charge in [0.2, 0.25) is 0 Å². The van der Waals surface area contributed by atoms with E-state index in [1.165, 1.54) is 10.9 Å². The highest BCUT2D eigenvalue weighted by molar-refractivity contribution is 5.83. The van der Waals surface area contributed by atoms with E-state index in [9.17, 15) is 0 Å². The number of para-hydroxylation sites is 1. The molecule has 0 radical (unpaired) electrons. The number of fused-ring (bicyclic) bond motifs is 1. The minimum absolute atomic E-state index is 0.0969. The average Bonchev–Trinajstić information content (AvgIpc) is 2.74. The number of aryl methyl sites for hydroxylation is 1. The van der Waals surface area contributed by atoms with Crippen molar-refractivity contribution in [2.45, 2.75) is 19.8 Å². The SMILES string of the molecule is COn1cc(CCC(C)C#N)c2ccccc21. The molecule has 0 saturated carbocycles. The van der Waals surface area contributed by atoms with Gasteiger partial charge in [-0.05, 0) is 31.4 Å². The summed E-state index contributed by atoms with van der Waals surface area (Å²) in [4.78, 5) is 5.29. The molecule has 0 N–H and O–H groups in total. The van der Waals surface area contributed by atoms with E-state index in [0.717, 1.165) is 18.4 Å². The molecule has 17 heavy (non-hydrogen) atoms. The summed E-state index contributed by atoms with van der Waals surface area (Å²) in [6.45, 7) is 1.95. The lowest BCUT2D eigenvalue weighted by molar-refractivity contribution is 0.179. The van der Waals surface area contributed by atoms with Gasteiger partial charge in [0.15, 0.2) is 0 Å². The highest BCUT2D eigenvalue weighted by atomic mass is 16.6. The molecule has 0 saturated heterocycles. The van der Waals surface area contributed by atoms with Crippen molar-refractivity contribution < 1.29 is 4.84 Å². The largest absolute Gasteiger partial charge is 0.417 e. The Morgan fingerprint density at radius 3 is 2.88 bits per heavy atom. The average molecular weight is 228 g/mol. The van der Waals surface area contributed by atoms with Crippen LogP contribution in [0, 0.1) is 17.2 Å². The smallest absolute Gasteiger partial charge is 0.104 e. The molecule has 1 heterocycles. The molecule has 1 unspecified atom stereocenters. The summed E-state index contributed by atoms with van der Waals surface area (Å²) in [5.41, 5.74) is 2.32. The van der Waals surface area contributed by atoms with Gasteiger partial charge >= 0.3 is 0 Å². The molecule has 1 aromatic heterocycles. The zero-order valence-electron chi connectivity index (χ0n) is 10.2. The first-order chi connectivity index (χ1) is 8.26. The van der Waals surface area contributed by atoms with Crippen molar-refractivity contribution in [1.29, 1.82) is 5.26 Å². The maximum Gasteiger partial charge on any atom is 0.104 e. The summed E-state index contributed by atoms with van der Waals surface area (Å²) in [5, 5.41) is 10.0. The van der Waals surface area contributed by atoms with Gasteiger partial charge in [-0.15, -0.1) is 0 Å². The van der Waals surface area contributed by atoms with Crippen molar-refractivity contribution in [2.24, 2.45) is 5.92 Å². The van der Waals surface area contributed by atoms with Crippen LogP contribution in [0.25, 0.3) is 10.9 Å². The van der Waals surface area contributed by atoms with Crippen LogP contribution in [-0.2, 0) is 6.42 Å². The molecular weight excluding hydrogens is 212 g/mol. The third-order valence-electron chi connectivity index (χ3n) is 3.02. The van der Waals surface area contributed by atoms with Crippen LogP contribution in [0.15, 0.2) is 30.5 Å². The van der Waals surface area contributed by atoms with Crippen molar-refractivity contribution in [3.8, 4) is 6.07 Å². The van der Waals surface area contributed by atoms with Crippen molar-refractivity contribution in [2.75, 3.05) is 7.11 Å². The lowest BCUT2D eigenvalue weighted by Gasteiger charge is -2.00. The number of nitriles is 1. The maximum atomic E-state index is 8.80. The van der Waals surface area contributed by atoms with Crippen LogP contribution in [-0.4, -0.2) is 11.8 Å². The maximum absolute atomic E-state index is 8.80. The second-order valence-electron chi connectivity index (χ2n) is 4.25. The lowest BCUT2D eigenvalue weighted by Crippen LogP contribution is -2.02. The Balaban J connectivity index is 2.31. The number of benzene rings is 1. The van der Waals surface area contributed by atoms with E-state index < -0.39 is 0 Å². The van der Waals surface area contributed by atoms with Crippen LogP contribution >= 0.6 is 0 Å². The van der Waals surface area contributed by atoms with Crippen LogP contribution in [0.1, 0.15) is 18.9 Å². The topological polar surface area (TPSA) is 38.0 Å². The van der Waals surface area contributed by atoms with E-state index in [1.807, 2.05) is 31.3 Å². The van der Waals surface area contributed by atoms with Gasteiger partial charge in [-0.3, -0.25) is 0 Å². The Labute approximate surface area is 101 Å². The van der Waals surface area contributed by atoms with Gasteiger partial charge in [0.05, 0.1) is 11.6 Å². The third-order valence-corrected chi connectivity index (χ3v) is 3.02. The number of hydrogen-bond donors (Lipinski definition) is 0. The third kappa shape index (κ3) is 2.26. The van der Waals surface area contributed by atoms with Gasteiger partial charge in [0.25, 0.3) is 0 Å². The minimum atomic E-state index is 0.0969. The second kappa shape index (κ2) is 4.92. The molecule has 2 aromatic rings. The summed E-state index contributed by atoms with van der Waals surface area (Å²) in [7, 11) is 1.66. The first kappa shape index (κ1) is 11.5. The van der Waals surface area contributed by atoms with Crippen molar-refractivity contribution in [3.05, 3.63) is 36.0 Å². The number of rotatable bonds is 4. The predicted molar refractivity (Wildman–Crippen MR) is 67.5 cm³/mol. The first-order valence-corrected chi connectivity index (χ1v) is 5.79. The van der Waals surface area contributed by atoms with Crippen LogP contribution < -0.4 is 4.84 Å². The highest BCUT2D eigenvalue weighted by Gasteiger charge is 2.09. The molecule has 1 aromatic carbocycles. The zero-order valence-corrected chi connectivity index (χ0v) is 10.2. The van der Waals surface area contributed by atoms with Gasteiger partial charge in [0.1, 0.15) is 7.11 Å². The Kier molecular flexibility index (Phi) is 3.34. The summed E-state index contributed by atoms with van der Waals surface area (Å²) in [6.07, 6.45) is 3.80. The Morgan fingerprint density at radius 2 is 2.18 bits per heavy atom. The van der Waals surface area contributed by atoms with E-state index >= 15 is 0 Å². The molecule has 0 bridgehead atoms. The van der Waals surface area contributed by atoms with E-state index in [0.29, 0.717) is 0 Å². The van der Waals surface area contributed by atoms with Crippen molar-refractivity contribution in [1.82, 2.24) is 4.73 Å². The van der Waals surface area contributed by atoms with Crippen LogP contribution in [0.4, 0.5) is 0 Å². The molecule has 1 atom stereocenters. The van der Waals surface area contributed by atoms with Gasteiger partial charge in [-0.2, -0.15) is 9.99 Å². The Morgan fingerprint density at radius 1 is 1.41 bits per heavy atom. The minimum Gasteiger partial charge on any atom is -0.417 e. The van der Waals surface area contributed by atoms with Crippen molar-refractivity contribution in [3.63, 3.8) is 0 Å². The second-order valence-corrected chi connectivity index (χ2v) is 4.25. The highest BCUT2D eigenvalue weighted by Crippen LogP contribution is 2.22. The van der Waals surface area contributed by atoms with Gasteiger partial charge in [0, 0.05) is 17.5 Å². The fourth-order valence-corrected chi connectivity index (χ4v) is 2.00. The molecular formula is C14H16N2O. The van der Waals surface area contributed by atoms with Gasteiger partial charge < -0.3 is 4.84 Å². The van der Waals surface area contributed by atoms with Crippen molar-refractivity contribution >= 4 is 10.9 Å². The first-order valence-electron chi connectivity index (χ1n) is 5.79. The summed E-state index contributed by atoms with van der Waals surface area (Å²) >= 11 is 0. The molecule has 0 aliphatic heterocycles. The molecule has 0 amide bonds. The van der Waals surface area contributed by atoms with Gasteiger partial charge in [-0.1, -0.05) is 18.2 Å². The lowest BCUT2D eigenvalue weighted by atomic mass is 10.0. The molecule has 3 nitrogen and oxygen atoms in total. The van der Waals surface area contributed by atoms with E-state index in [-0.39, 0.29) is 5.92 Å². The molecule has 3 heteroatoms. The summed E-state index contributed by atoms with van der Waals surface area (Å²) in [5.74, 6) is 0.0969. The number of hydrogen-bond acceptors (Lipinski definition) is 2. The number of nitrogens with zero attached hydrogens (tertiary/aromatic N) is 2. The monoisotopic (exact) mass is 228 g/mol. The molecule has 2 rings (SSSR count). The normalized spacial score (nSPS) is 12.3. The summed E-state index contributed by atoms with van der Waals surface area (Å²) < 4.78 is 1.78. The van der Waals surface area contributed by atoms with Gasteiger partial charge in [-0.25, -0.2) is 0 Å². The quantitative estimate of drug-likeness (QED) is 0.807. The Bertz CT molecular complexity index is 551. The standard InChI is InChI=1S/C14H16N2O/c1-11(9-15)7-8-12-10-16(17-2)14-6-4-3-5-13(12)14/h3-6,10-11H,7-8H2,1-2H3. The van der Waals surface area contributed by atoms with E-state index in [2.05, 4.69) is 12.1 Å². The molecule has 0 aliphatic rings. The van der Waals surface area contributed by atoms with Crippen LogP contribution in [0.5, 0.6) is 0 Å². The fourth-order valence-electron chi connectivity index (χ4n) is 2.00. The molecule has 88 valence electrons. The van der Waals surface area contributed by atoms with E-state index in [1.54, 1.807) is 11.8 Å². The zero-order chi connectivity index (χ0) is 12.3. The molecule has 0 spiro atoms. The van der Waals surface area contributed by atoms with Crippen LogP contribution in [0.2, 0.25) is 0 Å². The molecule has 0 aliphatic carbocycles. The van der Waals surface area contributed by atoms with E-state index in [4.69, 9.17) is 10.1 Å². The van der Waals surface area contributed by atoms with Crippen LogP contribution in [0.3, 0.4) is 0 Å². The number of aromatic nitrogens is 1.